The molecule has 0 spiro atoms. The third-order valence-electron chi connectivity index (χ3n) is 2.14. The molecular formula is C11H10NSe. The molecule has 1 aromatic carbocycles. The number of benzene rings is 1. The van der Waals surface area contributed by atoms with E-state index >= 15 is 0 Å². The molecule has 13 heavy (non-hydrogen) atoms. The normalized spacial score (nSPS) is 10.6. The summed E-state index contributed by atoms with van der Waals surface area (Å²) in [4.78, 5) is 4.50. The molecular weight excluding hydrogens is 225 g/mol. The molecule has 0 atom stereocenters. The van der Waals surface area contributed by atoms with Crippen LogP contribution in [0.5, 0.6) is 0 Å². The second-order valence-corrected chi connectivity index (χ2v) is 4.16. The zero-order valence-corrected chi connectivity index (χ0v) is 9.38. The van der Waals surface area contributed by atoms with E-state index in [1.54, 1.807) is 0 Å². The Morgan fingerprint density at radius 2 is 2.00 bits per heavy atom. The molecule has 0 amide bonds. The molecule has 0 N–H and O–H groups in total. The summed E-state index contributed by atoms with van der Waals surface area (Å²) in [5.74, 6) is 0. The summed E-state index contributed by atoms with van der Waals surface area (Å²) in [6.07, 6.45) is 0. The molecule has 1 radical (unpaired) electrons. The average molecular weight is 235 g/mol. The third kappa shape index (κ3) is 1.48. The van der Waals surface area contributed by atoms with Crippen LogP contribution in [0.1, 0.15) is 11.3 Å². The first kappa shape index (κ1) is 8.73. The van der Waals surface area contributed by atoms with Crippen molar-refractivity contribution in [3.8, 4) is 0 Å². The number of rotatable bonds is 0. The van der Waals surface area contributed by atoms with E-state index in [1.807, 2.05) is 13.0 Å². The van der Waals surface area contributed by atoms with E-state index in [0.717, 1.165) is 15.7 Å². The van der Waals surface area contributed by atoms with Crippen molar-refractivity contribution in [2.75, 3.05) is 0 Å². The maximum absolute atomic E-state index is 4.50. The Labute approximate surface area is 86.0 Å². The third-order valence-corrected chi connectivity index (χ3v) is 2.83. The molecule has 2 heteroatoms. The Bertz CT molecular complexity index is 463. The molecule has 1 nitrogen and oxygen atoms in total. The molecule has 2 aromatic rings. The Hall–Kier alpha value is -0.851. The van der Waals surface area contributed by atoms with Crippen LogP contribution < -0.4 is 4.46 Å². The SMILES string of the molecule is Cc1cc(C)c2cccc([Se])c2n1. The fourth-order valence-corrected chi connectivity index (χ4v) is 2.05. The van der Waals surface area contributed by atoms with E-state index in [0.29, 0.717) is 0 Å². The Kier molecular flexibility index (Phi) is 2.10. The van der Waals surface area contributed by atoms with Gasteiger partial charge in [0.25, 0.3) is 0 Å². The quantitative estimate of drug-likeness (QED) is 0.633. The van der Waals surface area contributed by atoms with Crippen LogP contribution >= 0.6 is 0 Å². The van der Waals surface area contributed by atoms with Gasteiger partial charge < -0.3 is 0 Å². The molecule has 0 unspecified atom stereocenters. The van der Waals surface area contributed by atoms with Gasteiger partial charge in [-0.3, -0.25) is 0 Å². The molecule has 65 valence electrons. The van der Waals surface area contributed by atoms with Crippen molar-refractivity contribution < 1.29 is 0 Å². The predicted octanol–water partition coefficient (Wildman–Crippen LogP) is 1.65. The van der Waals surface area contributed by atoms with E-state index in [-0.39, 0.29) is 0 Å². The van der Waals surface area contributed by atoms with Crippen molar-refractivity contribution in [2.24, 2.45) is 0 Å². The summed E-state index contributed by atoms with van der Waals surface area (Å²) in [6.45, 7) is 4.15. The topological polar surface area (TPSA) is 12.9 Å². The average Bonchev–Trinajstić information content (AvgIpc) is 2.07. The first-order valence-corrected chi connectivity index (χ1v) is 5.08. The molecule has 2 rings (SSSR count). The van der Waals surface area contributed by atoms with Gasteiger partial charge in [0.2, 0.25) is 0 Å². The molecule has 0 aliphatic rings. The van der Waals surface area contributed by atoms with Crippen molar-refractivity contribution in [3.05, 3.63) is 35.5 Å². The van der Waals surface area contributed by atoms with Crippen molar-refractivity contribution in [2.45, 2.75) is 13.8 Å². The minimum atomic E-state index is 1.08. The van der Waals surface area contributed by atoms with E-state index in [1.165, 1.54) is 10.9 Å². The second-order valence-electron chi connectivity index (χ2n) is 3.23. The first-order chi connectivity index (χ1) is 6.18. The van der Waals surface area contributed by atoms with Crippen molar-refractivity contribution in [1.29, 1.82) is 0 Å². The van der Waals surface area contributed by atoms with E-state index in [9.17, 15) is 0 Å². The van der Waals surface area contributed by atoms with Crippen LogP contribution in [0.4, 0.5) is 0 Å². The number of pyridine rings is 1. The van der Waals surface area contributed by atoms with Gasteiger partial charge >= 0.3 is 85.7 Å². The van der Waals surface area contributed by atoms with E-state index < -0.39 is 0 Å². The van der Waals surface area contributed by atoms with Crippen LogP contribution in [-0.2, 0) is 0 Å². The molecule has 0 aliphatic heterocycles. The summed E-state index contributed by atoms with van der Waals surface area (Å²) in [5.41, 5.74) is 3.45. The second kappa shape index (κ2) is 3.13. The van der Waals surface area contributed by atoms with E-state index in [4.69, 9.17) is 0 Å². The van der Waals surface area contributed by atoms with Crippen LogP contribution in [0.3, 0.4) is 0 Å². The van der Waals surface area contributed by atoms with E-state index in [2.05, 4.69) is 46.1 Å². The Morgan fingerprint density at radius 1 is 1.23 bits per heavy atom. The molecule has 1 aromatic heterocycles. The maximum atomic E-state index is 4.50. The van der Waals surface area contributed by atoms with Crippen LogP contribution in [0, 0.1) is 13.8 Å². The Balaban J connectivity index is 2.94. The minimum absolute atomic E-state index is 1.08. The molecule has 0 bridgehead atoms. The Morgan fingerprint density at radius 3 is 2.77 bits per heavy atom. The number of hydrogen-bond donors (Lipinski definition) is 0. The number of para-hydroxylation sites is 1. The summed E-state index contributed by atoms with van der Waals surface area (Å²) in [7, 11) is 0. The van der Waals surface area contributed by atoms with Crippen LogP contribution in [-0.4, -0.2) is 21.0 Å². The standard InChI is InChI=1S/C11H10NSe/c1-7-6-8(2)12-11-9(7)4-3-5-10(11)13/h3-6H,1-2H3. The van der Waals surface area contributed by atoms with Crippen LogP contribution in [0.2, 0.25) is 0 Å². The summed E-state index contributed by atoms with van der Waals surface area (Å²) in [5, 5.41) is 1.24. The van der Waals surface area contributed by atoms with Gasteiger partial charge in [0, 0.05) is 0 Å². The van der Waals surface area contributed by atoms with Crippen molar-refractivity contribution in [1.82, 2.24) is 4.98 Å². The fraction of sp³-hybridized carbons (Fsp3) is 0.182. The molecule has 0 saturated heterocycles. The van der Waals surface area contributed by atoms with Gasteiger partial charge in [-0.1, -0.05) is 0 Å². The molecule has 0 saturated carbocycles. The number of aryl methyl sites for hydroxylation is 2. The van der Waals surface area contributed by atoms with Crippen molar-refractivity contribution in [3.63, 3.8) is 0 Å². The fourth-order valence-electron chi connectivity index (χ4n) is 1.56. The number of hydrogen-bond acceptors (Lipinski definition) is 1. The van der Waals surface area contributed by atoms with Gasteiger partial charge in [-0.05, 0) is 0 Å². The summed E-state index contributed by atoms with van der Waals surface area (Å²) in [6, 6.07) is 8.33. The van der Waals surface area contributed by atoms with Gasteiger partial charge in [0.1, 0.15) is 0 Å². The van der Waals surface area contributed by atoms with Gasteiger partial charge in [-0.2, -0.15) is 0 Å². The number of aromatic nitrogens is 1. The van der Waals surface area contributed by atoms with Gasteiger partial charge in [-0.15, -0.1) is 0 Å². The number of fused-ring (bicyclic) bond motifs is 1. The van der Waals surface area contributed by atoms with Gasteiger partial charge in [-0.25, -0.2) is 0 Å². The number of nitrogens with zero attached hydrogens (tertiary/aromatic N) is 1. The van der Waals surface area contributed by atoms with Crippen LogP contribution in [0.15, 0.2) is 24.3 Å². The predicted molar refractivity (Wildman–Crippen MR) is 56.6 cm³/mol. The van der Waals surface area contributed by atoms with Crippen molar-refractivity contribution >= 4 is 31.4 Å². The van der Waals surface area contributed by atoms with Gasteiger partial charge in [0.05, 0.1) is 0 Å². The first-order valence-electron chi connectivity index (χ1n) is 4.22. The van der Waals surface area contributed by atoms with Crippen LogP contribution in [0.25, 0.3) is 10.9 Å². The monoisotopic (exact) mass is 236 g/mol. The summed E-state index contributed by atoms with van der Waals surface area (Å²) >= 11 is 3.04. The van der Waals surface area contributed by atoms with Gasteiger partial charge in [0.15, 0.2) is 0 Å². The molecule has 0 aliphatic carbocycles. The zero-order valence-electron chi connectivity index (χ0n) is 7.66. The molecule has 1 heterocycles. The summed E-state index contributed by atoms with van der Waals surface area (Å²) < 4.78 is 1.13. The molecule has 0 fully saturated rings. The zero-order chi connectivity index (χ0) is 9.42.